The fourth-order valence-electron chi connectivity index (χ4n) is 1.85. The first kappa shape index (κ1) is 15.3. The molecule has 0 bridgehead atoms. The van der Waals surface area contributed by atoms with Crippen LogP contribution in [-0.2, 0) is 14.6 Å². The first-order chi connectivity index (χ1) is 9.10. The topological polar surface area (TPSA) is 64.8 Å². The van der Waals surface area contributed by atoms with E-state index in [2.05, 4.69) is 10.2 Å². The average Bonchev–Trinajstić information content (AvgIpc) is 2.72. The first-order valence-electron chi connectivity index (χ1n) is 5.77. The molecule has 0 amide bonds. The van der Waals surface area contributed by atoms with Crippen LogP contribution in [0.2, 0.25) is 5.02 Å². The first-order valence-corrected chi connectivity index (χ1v) is 8.46. The Morgan fingerprint density at radius 3 is 2.35 bits per heavy atom. The third-order valence-electron chi connectivity index (χ3n) is 2.61. The number of aromatic nitrogens is 3. The van der Waals surface area contributed by atoms with Crippen LogP contribution in [0.5, 0.6) is 0 Å². The van der Waals surface area contributed by atoms with Crippen molar-refractivity contribution in [3.63, 3.8) is 0 Å². The third-order valence-corrected chi connectivity index (χ3v) is 3.95. The molecule has 2 rings (SSSR count). The molecule has 0 spiro atoms. The highest BCUT2D eigenvalue weighted by molar-refractivity contribution is 8.13. The van der Waals surface area contributed by atoms with Crippen molar-refractivity contribution in [2.75, 3.05) is 0 Å². The van der Waals surface area contributed by atoms with Crippen molar-refractivity contribution < 1.29 is 8.42 Å². The van der Waals surface area contributed by atoms with Gasteiger partial charge in [-0.2, -0.15) is 0 Å². The van der Waals surface area contributed by atoms with Crippen molar-refractivity contribution in [1.82, 2.24) is 14.8 Å². The van der Waals surface area contributed by atoms with Gasteiger partial charge in [0, 0.05) is 26.8 Å². The quantitative estimate of drug-likeness (QED) is 0.791. The molecule has 2 aromatic rings. The summed E-state index contributed by atoms with van der Waals surface area (Å²) in [7, 11) is 1.44. The van der Waals surface area contributed by atoms with Gasteiger partial charge in [0.25, 0.3) is 14.2 Å². The summed E-state index contributed by atoms with van der Waals surface area (Å²) in [5, 5.41) is 7.91. The van der Waals surface area contributed by atoms with Gasteiger partial charge in [-0.3, -0.25) is 4.57 Å². The zero-order chi connectivity index (χ0) is 15.1. The Morgan fingerprint density at radius 1 is 1.20 bits per heavy atom. The minimum absolute atomic E-state index is 0.276. The van der Waals surface area contributed by atoms with Crippen molar-refractivity contribution in [1.29, 1.82) is 0 Å². The van der Waals surface area contributed by atoms with E-state index in [1.807, 2.05) is 20.8 Å². The van der Waals surface area contributed by atoms with Crippen LogP contribution in [0.15, 0.2) is 29.4 Å². The Hall–Kier alpha value is -1.11. The monoisotopic (exact) mass is 333 g/mol. The van der Waals surface area contributed by atoms with E-state index in [1.165, 1.54) is 4.57 Å². The lowest BCUT2D eigenvalue weighted by Gasteiger charge is -2.24. The second-order valence-corrected chi connectivity index (χ2v) is 8.16. The summed E-state index contributed by atoms with van der Waals surface area (Å²) in [6.07, 6.45) is 0. The molecular weight excluding hydrogens is 321 g/mol. The second kappa shape index (κ2) is 5.02. The van der Waals surface area contributed by atoms with Gasteiger partial charge in [0.05, 0.1) is 0 Å². The zero-order valence-electron chi connectivity index (χ0n) is 11.1. The third kappa shape index (κ3) is 2.97. The number of nitrogens with zero attached hydrogens (tertiary/aromatic N) is 3. The van der Waals surface area contributed by atoms with Crippen LogP contribution in [0.3, 0.4) is 0 Å². The molecule has 8 heteroatoms. The number of rotatable bonds is 2. The molecule has 0 radical (unpaired) electrons. The van der Waals surface area contributed by atoms with Gasteiger partial charge in [-0.1, -0.05) is 23.7 Å². The van der Waals surface area contributed by atoms with Gasteiger partial charge in [0.2, 0.25) is 0 Å². The number of halogens is 2. The molecule has 1 heterocycles. The molecule has 1 aromatic carbocycles. The molecule has 20 heavy (non-hydrogen) atoms. The number of hydrogen-bond acceptors (Lipinski definition) is 4. The van der Waals surface area contributed by atoms with E-state index in [9.17, 15) is 8.42 Å². The zero-order valence-corrected chi connectivity index (χ0v) is 13.5. The molecule has 0 atom stereocenters. The van der Waals surface area contributed by atoms with Crippen LogP contribution in [0.4, 0.5) is 0 Å². The summed E-state index contributed by atoms with van der Waals surface area (Å²) in [5.41, 5.74) is 0.116. The summed E-state index contributed by atoms with van der Waals surface area (Å²) in [5.74, 6) is 0.402. The van der Waals surface area contributed by atoms with E-state index < -0.39 is 14.6 Å². The van der Waals surface area contributed by atoms with E-state index >= 15 is 0 Å². The Bertz CT molecular complexity index is 748. The highest BCUT2D eigenvalue weighted by atomic mass is 35.7. The van der Waals surface area contributed by atoms with Gasteiger partial charge >= 0.3 is 0 Å². The largest absolute Gasteiger partial charge is 0.296 e. The van der Waals surface area contributed by atoms with E-state index in [0.29, 0.717) is 16.4 Å². The molecule has 5 nitrogen and oxygen atoms in total. The lowest BCUT2D eigenvalue weighted by Crippen LogP contribution is -2.25. The predicted molar refractivity (Wildman–Crippen MR) is 78.5 cm³/mol. The highest BCUT2D eigenvalue weighted by Gasteiger charge is 2.30. The summed E-state index contributed by atoms with van der Waals surface area (Å²) in [4.78, 5) is 0. The van der Waals surface area contributed by atoms with E-state index in [1.54, 1.807) is 24.3 Å². The van der Waals surface area contributed by atoms with Crippen molar-refractivity contribution in [3.05, 3.63) is 29.3 Å². The van der Waals surface area contributed by atoms with Gasteiger partial charge in [-0.05, 0) is 32.9 Å². The van der Waals surface area contributed by atoms with E-state index in [0.717, 1.165) is 0 Å². The van der Waals surface area contributed by atoms with Gasteiger partial charge in [-0.25, -0.2) is 8.42 Å². The van der Waals surface area contributed by atoms with Gasteiger partial charge in [0.15, 0.2) is 5.82 Å². The molecule has 0 unspecified atom stereocenters. The molecule has 0 fully saturated rings. The molecule has 0 aliphatic carbocycles. The molecule has 108 valence electrons. The average molecular weight is 334 g/mol. The fraction of sp³-hybridized carbons (Fsp3) is 0.333. The fourth-order valence-corrected chi connectivity index (χ4v) is 3.05. The summed E-state index contributed by atoms with van der Waals surface area (Å²) >= 11 is 5.96. The maximum absolute atomic E-state index is 11.6. The van der Waals surface area contributed by atoms with Crippen LogP contribution in [0, 0.1) is 0 Å². The summed E-state index contributed by atoms with van der Waals surface area (Å²) < 4.78 is 24.7. The maximum Gasteiger partial charge on any atom is 0.296 e. The van der Waals surface area contributed by atoms with Crippen molar-refractivity contribution in [2.24, 2.45) is 0 Å². The minimum Gasteiger partial charge on any atom is -0.291 e. The van der Waals surface area contributed by atoms with Crippen LogP contribution in [0.1, 0.15) is 20.8 Å². The lowest BCUT2D eigenvalue weighted by molar-refractivity contribution is 0.367. The minimum atomic E-state index is -3.99. The molecule has 0 aliphatic rings. The van der Waals surface area contributed by atoms with E-state index in [4.69, 9.17) is 22.3 Å². The van der Waals surface area contributed by atoms with Crippen LogP contribution in [0.25, 0.3) is 11.4 Å². The van der Waals surface area contributed by atoms with Crippen LogP contribution in [-0.4, -0.2) is 23.2 Å². The smallest absolute Gasteiger partial charge is 0.291 e. The molecule has 0 saturated heterocycles. The second-order valence-electron chi connectivity index (χ2n) is 5.26. The Kier molecular flexibility index (Phi) is 3.83. The Labute approximate surface area is 127 Å². The highest BCUT2D eigenvalue weighted by Crippen LogP contribution is 2.30. The van der Waals surface area contributed by atoms with Gasteiger partial charge in [-0.15, -0.1) is 10.2 Å². The number of benzene rings is 1. The van der Waals surface area contributed by atoms with Crippen LogP contribution < -0.4 is 0 Å². The van der Waals surface area contributed by atoms with Crippen molar-refractivity contribution in [3.8, 4) is 11.4 Å². The van der Waals surface area contributed by atoms with Gasteiger partial charge in [0.1, 0.15) is 0 Å². The predicted octanol–water partition coefficient (Wildman–Crippen LogP) is 3.28. The molecule has 0 N–H and O–H groups in total. The van der Waals surface area contributed by atoms with Crippen LogP contribution >= 0.6 is 22.3 Å². The molecular formula is C12H13Cl2N3O2S. The summed E-state index contributed by atoms with van der Waals surface area (Å²) in [6, 6.07) is 6.96. The molecule has 1 aromatic heterocycles. The molecule has 0 saturated carbocycles. The Balaban J connectivity index is 2.76. The Morgan fingerprint density at radius 2 is 1.85 bits per heavy atom. The molecule has 0 aliphatic heterocycles. The number of hydrogen-bond donors (Lipinski definition) is 0. The van der Waals surface area contributed by atoms with E-state index in [-0.39, 0.29) is 5.16 Å². The van der Waals surface area contributed by atoms with Gasteiger partial charge < -0.3 is 0 Å². The standard InChI is InChI=1S/C12H13Cl2N3O2S/c1-12(2,3)17-10(8-5-4-6-9(13)7-8)15-16-11(17)20(14,18)19/h4-7H,1-3H3. The van der Waals surface area contributed by atoms with Crippen molar-refractivity contribution in [2.45, 2.75) is 31.5 Å². The van der Waals surface area contributed by atoms with Crippen molar-refractivity contribution >= 4 is 31.3 Å². The lowest BCUT2D eigenvalue weighted by atomic mass is 10.1. The maximum atomic E-state index is 11.6. The normalized spacial score (nSPS) is 12.7. The SMILES string of the molecule is CC(C)(C)n1c(-c2cccc(Cl)c2)nnc1S(=O)(=O)Cl. The summed E-state index contributed by atoms with van der Waals surface area (Å²) in [6.45, 7) is 5.53.